The Labute approximate surface area is 223 Å². The maximum absolute atomic E-state index is 10.6. The number of ether oxygens (including phenoxy) is 2. The summed E-state index contributed by atoms with van der Waals surface area (Å²) < 4.78 is 11.2. The van der Waals surface area contributed by atoms with Gasteiger partial charge >= 0.3 is 0 Å². The van der Waals surface area contributed by atoms with Crippen molar-refractivity contribution in [3.63, 3.8) is 0 Å². The molecule has 2 aromatic carbocycles. The summed E-state index contributed by atoms with van der Waals surface area (Å²) in [5.41, 5.74) is 1.32. The second kappa shape index (κ2) is 14.0. The normalized spacial score (nSPS) is 26.7. The molecule has 0 bridgehead atoms. The van der Waals surface area contributed by atoms with Crippen LogP contribution < -0.4 is 4.74 Å². The summed E-state index contributed by atoms with van der Waals surface area (Å²) in [5, 5.41) is 88.7. The molecule has 13 nitrogen and oxygen atoms in total. The molecule has 0 spiro atoms. The average Bonchev–Trinajstić information content (AvgIpc) is 2.90. The third-order valence-corrected chi connectivity index (χ3v) is 6.04. The van der Waals surface area contributed by atoms with Crippen molar-refractivity contribution in [2.24, 2.45) is 0 Å². The van der Waals surface area contributed by atoms with Gasteiger partial charge in [0, 0.05) is 6.07 Å². The molecule has 9 atom stereocenters. The van der Waals surface area contributed by atoms with Gasteiger partial charge in [-0.1, -0.05) is 24.3 Å². The maximum Gasteiger partial charge on any atom is 0.229 e. The first-order valence-electron chi connectivity index (χ1n) is 12.1. The van der Waals surface area contributed by atoms with E-state index in [0.29, 0.717) is 5.56 Å². The first-order valence-corrected chi connectivity index (χ1v) is 12.1. The largest absolute Gasteiger partial charge is 0.508 e. The van der Waals surface area contributed by atoms with Crippen LogP contribution in [0.25, 0.3) is 12.2 Å². The number of hydrogen-bond donors (Lipinski definition) is 9. The van der Waals surface area contributed by atoms with Crippen molar-refractivity contribution in [2.75, 3.05) is 13.2 Å². The highest BCUT2D eigenvalue weighted by Gasteiger charge is 2.47. The standard InChI is InChI=1S/C26H34O13/c1-13(29)21(32)22(33)19(11-27)38-39-25-20(12-28)37-26(24(35)23(25)34)36-18-6-4-14(5-7-18)2-3-15-8-16(30)10-17(31)9-15/h2-10,13,19-35H,11-12H2,1H3/b3-2+. The Kier molecular flexibility index (Phi) is 11.0. The molecule has 1 heterocycles. The summed E-state index contributed by atoms with van der Waals surface area (Å²) in [6, 6.07) is 10.7. The molecule has 0 saturated carbocycles. The lowest BCUT2D eigenvalue weighted by molar-refractivity contribution is -0.416. The zero-order valence-electron chi connectivity index (χ0n) is 21.0. The molecule has 9 unspecified atom stereocenters. The number of rotatable bonds is 12. The Hall–Kier alpha value is -2.82. The van der Waals surface area contributed by atoms with E-state index in [-0.39, 0.29) is 17.2 Å². The van der Waals surface area contributed by atoms with Gasteiger partial charge in [-0.25, -0.2) is 9.78 Å². The van der Waals surface area contributed by atoms with Crippen molar-refractivity contribution in [1.82, 2.24) is 0 Å². The third-order valence-electron chi connectivity index (χ3n) is 6.04. The number of phenolic OH excluding ortho intramolecular Hbond substituents is 2. The SMILES string of the molecule is CC(O)C(O)C(O)C(CO)OOC1C(CO)OC(Oc2ccc(/C=C/c3cc(O)cc(O)c3)cc2)C(O)C1O. The van der Waals surface area contributed by atoms with E-state index in [1.807, 2.05) is 0 Å². The third kappa shape index (κ3) is 8.09. The Bertz CT molecular complexity index is 1040. The average molecular weight is 555 g/mol. The van der Waals surface area contributed by atoms with E-state index in [4.69, 9.17) is 19.2 Å². The number of phenols is 2. The number of aliphatic hydroxyl groups excluding tert-OH is 7. The molecule has 1 fully saturated rings. The molecule has 216 valence electrons. The van der Waals surface area contributed by atoms with Gasteiger partial charge in [-0.15, -0.1) is 0 Å². The van der Waals surface area contributed by atoms with Crippen LogP contribution in [0.15, 0.2) is 42.5 Å². The predicted octanol–water partition coefficient (Wildman–Crippen LogP) is -1.13. The van der Waals surface area contributed by atoms with Crippen molar-refractivity contribution < 1.29 is 65.2 Å². The number of benzene rings is 2. The lowest BCUT2D eigenvalue weighted by atomic mass is 9.99. The van der Waals surface area contributed by atoms with Gasteiger partial charge in [-0.3, -0.25) is 0 Å². The van der Waals surface area contributed by atoms with Crippen molar-refractivity contribution in [2.45, 2.75) is 62.0 Å². The van der Waals surface area contributed by atoms with Gasteiger partial charge in [-0.05, 0) is 42.3 Å². The van der Waals surface area contributed by atoms with E-state index >= 15 is 0 Å². The Morgan fingerprint density at radius 3 is 2.05 bits per heavy atom. The highest BCUT2D eigenvalue weighted by Crippen LogP contribution is 2.28. The van der Waals surface area contributed by atoms with E-state index < -0.39 is 68.3 Å². The maximum atomic E-state index is 10.6. The lowest BCUT2D eigenvalue weighted by Crippen LogP contribution is -2.61. The molecule has 9 N–H and O–H groups in total. The molecule has 0 aliphatic carbocycles. The molecule has 39 heavy (non-hydrogen) atoms. The molecule has 2 aromatic rings. The van der Waals surface area contributed by atoms with Crippen molar-refractivity contribution >= 4 is 12.2 Å². The van der Waals surface area contributed by atoms with E-state index in [1.165, 1.54) is 25.1 Å². The molecule has 0 amide bonds. The van der Waals surface area contributed by atoms with Crippen LogP contribution in [0, 0.1) is 0 Å². The highest BCUT2D eigenvalue weighted by atomic mass is 17.2. The second-order valence-corrected chi connectivity index (χ2v) is 9.11. The lowest BCUT2D eigenvalue weighted by Gasteiger charge is -2.41. The van der Waals surface area contributed by atoms with Crippen LogP contribution in [0.1, 0.15) is 18.1 Å². The van der Waals surface area contributed by atoms with Gasteiger partial charge in [0.25, 0.3) is 0 Å². The minimum absolute atomic E-state index is 0.0760. The van der Waals surface area contributed by atoms with Gasteiger partial charge in [0.1, 0.15) is 60.0 Å². The monoisotopic (exact) mass is 554 g/mol. The van der Waals surface area contributed by atoms with E-state index in [1.54, 1.807) is 36.4 Å². The number of aromatic hydroxyl groups is 2. The molecule has 1 aliphatic rings. The van der Waals surface area contributed by atoms with Crippen LogP contribution in [0.2, 0.25) is 0 Å². The van der Waals surface area contributed by atoms with Crippen LogP contribution in [-0.4, -0.2) is 114 Å². The summed E-state index contributed by atoms with van der Waals surface area (Å²) in [7, 11) is 0. The number of aliphatic hydroxyl groups is 7. The first-order chi connectivity index (χ1) is 18.5. The van der Waals surface area contributed by atoms with E-state index in [9.17, 15) is 46.0 Å². The van der Waals surface area contributed by atoms with Crippen LogP contribution in [-0.2, 0) is 14.5 Å². The second-order valence-electron chi connectivity index (χ2n) is 9.11. The summed E-state index contributed by atoms with van der Waals surface area (Å²) in [5.74, 6) is 0.113. The molecule has 0 radical (unpaired) electrons. The molecular formula is C26H34O13. The first kappa shape index (κ1) is 30.7. The van der Waals surface area contributed by atoms with Crippen LogP contribution in [0.3, 0.4) is 0 Å². The van der Waals surface area contributed by atoms with Gasteiger partial charge in [0.05, 0.1) is 19.3 Å². The quantitative estimate of drug-likeness (QED) is 0.0862. The fourth-order valence-electron chi connectivity index (χ4n) is 3.80. The number of hydrogen-bond acceptors (Lipinski definition) is 13. The van der Waals surface area contributed by atoms with Gasteiger partial charge < -0.3 is 55.4 Å². The van der Waals surface area contributed by atoms with Crippen LogP contribution in [0.5, 0.6) is 17.2 Å². The fraction of sp³-hybridized carbons (Fsp3) is 0.462. The summed E-state index contributed by atoms with van der Waals surface area (Å²) in [6.07, 6.45) is -10.4. The van der Waals surface area contributed by atoms with Gasteiger partial charge in [-0.2, -0.15) is 0 Å². The Balaban J connectivity index is 1.61. The summed E-state index contributed by atoms with van der Waals surface area (Å²) >= 11 is 0. The predicted molar refractivity (Wildman–Crippen MR) is 134 cm³/mol. The van der Waals surface area contributed by atoms with Crippen molar-refractivity contribution in [1.29, 1.82) is 0 Å². The van der Waals surface area contributed by atoms with E-state index in [0.717, 1.165) is 5.56 Å². The molecule has 13 heteroatoms. The summed E-state index contributed by atoms with van der Waals surface area (Å²) in [6.45, 7) is -0.295. The van der Waals surface area contributed by atoms with Crippen LogP contribution >= 0.6 is 0 Å². The molecule has 0 aromatic heterocycles. The van der Waals surface area contributed by atoms with Crippen LogP contribution in [0.4, 0.5) is 0 Å². The smallest absolute Gasteiger partial charge is 0.229 e. The van der Waals surface area contributed by atoms with Gasteiger partial charge in [0.2, 0.25) is 6.29 Å². The Morgan fingerprint density at radius 1 is 0.872 bits per heavy atom. The van der Waals surface area contributed by atoms with Crippen molar-refractivity contribution in [3.05, 3.63) is 53.6 Å². The fourth-order valence-corrected chi connectivity index (χ4v) is 3.80. The zero-order valence-corrected chi connectivity index (χ0v) is 21.0. The van der Waals surface area contributed by atoms with Gasteiger partial charge in [0.15, 0.2) is 0 Å². The summed E-state index contributed by atoms with van der Waals surface area (Å²) in [4.78, 5) is 10.0. The molecule has 1 saturated heterocycles. The Morgan fingerprint density at radius 2 is 1.49 bits per heavy atom. The highest BCUT2D eigenvalue weighted by molar-refractivity contribution is 5.71. The molecule has 1 aliphatic heterocycles. The molecular weight excluding hydrogens is 520 g/mol. The van der Waals surface area contributed by atoms with E-state index in [2.05, 4.69) is 0 Å². The van der Waals surface area contributed by atoms with Crippen molar-refractivity contribution in [3.8, 4) is 17.2 Å². The molecule has 3 rings (SSSR count). The zero-order chi connectivity index (χ0) is 28.7. The minimum atomic E-state index is -1.75. The minimum Gasteiger partial charge on any atom is -0.508 e. The topological polar surface area (TPSA) is 219 Å².